The third-order valence-electron chi connectivity index (χ3n) is 3.86. The smallest absolute Gasteiger partial charge is 0.273 e. The Morgan fingerprint density at radius 1 is 1.25 bits per heavy atom. The van der Waals surface area contributed by atoms with Crippen LogP contribution in [0.15, 0.2) is 42.0 Å². The number of aryl methyl sites for hydroxylation is 2. The van der Waals surface area contributed by atoms with Crippen LogP contribution in [0, 0.1) is 0 Å². The van der Waals surface area contributed by atoms with Crippen molar-refractivity contribution in [1.29, 1.82) is 0 Å². The SMILES string of the molecule is CCc1ccc(-c2nc(C(=O)N(C)Cc3cnn(C)c3)cs2)cc1. The normalized spacial score (nSPS) is 10.8. The van der Waals surface area contributed by atoms with E-state index in [1.807, 2.05) is 18.6 Å². The second-order valence-electron chi connectivity index (χ2n) is 5.77. The Morgan fingerprint density at radius 3 is 2.62 bits per heavy atom. The minimum atomic E-state index is -0.0773. The van der Waals surface area contributed by atoms with Gasteiger partial charge >= 0.3 is 0 Å². The van der Waals surface area contributed by atoms with Crippen LogP contribution < -0.4 is 0 Å². The highest BCUT2D eigenvalue weighted by Gasteiger charge is 2.17. The van der Waals surface area contributed by atoms with Crippen LogP contribution in [0.3, 0.4) is 0 Å². The Bertz CT molecular complexity index is 835. The number of nitrogens with zero attached hydrogens (tertiary/aromatic N) is 4. The molecule has 1 aromatic carbocycles. The van der Waals surface area contributed by atoms with Crippen molar-refractivity contribution in [2.45, 2.75) is 19.9 Å². The molecule has 2 heterocycles. The zero-order valence-corrected chi connectivity index (χ0v) is 14.9. The lowest BCUT2D eigenvalue weighted by molar-refractivity contribution is 0.0780. The van der Waals surface area contributed by atoms with E-state index in [4.69, 9.17) is 0 Å². The topological polar surface area (TPSA) is 51.0 Å². The molecule has 0 aliphatic heterocycles. The van der Waals surface area contributed by atoms with Gasteiger partial charge in [-0.05, 0) is 12.0 Å². The van der Waals surface area contributed by atoms with Gasteiger partial charge in [0.2, 0.25) is 0 Å². The maximum atomic E-state index is 12.5. The van der Waals surface area contributed by atoms with Crippen LogP contribution in [0.2, 0.25) is 0 Å². The van der Waals surface area contributed by atoms with E-state index >= 15 is 0 Å². The largest absolute Gasteiger partial charge is 0.336 e. The Kier molecular flexibility index (Phi) is 4.76. The third-order valence-corrected chi connectivity index (χ3v) is 4.75. The first-order chi connectivity index (χ1) is 11.6. The molecule has 0 saturated heterocycles. The highest BCUT2D eigenvalue weighted by molar-refractivity contribution is 7.13. The Hall–Kier alpha value is -2.47. The van der Waals surface area contributed by atoms with Crippen LogP contribution in [0.1, 0.15) is 28.5 Å². The second-order valence-corrected chi connectivity index (χ2v) is 6.63. The van der Waals surface area contributed by atoms with Crippen LogP contribution in [0.5, 0.6) is 0 Å². The van der Waals surface area contributed by atoms with Crippen molar-refractivity contribution in [2.24, 2.45) is 7.05 Å². The average molecular weight is 340 g/mol. The Labute approximate surface area is 145 Å². The first kappa shape index (κ1) is 16.4. The summed E-state index contributed by atoms with van der Waals surface area (Å²) in [6.45, 7) is 2.65. The Balaban J connectivity index is 1.72. The summed E-state index contributed by atoms with van der Waals surface area (Å²) in [5.41, 5.74) is 3.83. The molecule has 0 bridgehead atoms. The maximum Gasteiger partial charge on any atom is 0.273 e. The van der Waals surface area contributed by atoms with Gasteiger partial charge in [-0.3, -0.25) is 9.48 Å². The number of benzene rings is 1. The van der Waals surface area contributed by atoms with E-state index in [2.05, 4.69) is 41.3 Å². The van der Waals surface area contributed by atoms with Crippen LogP contribution in [-0.4, -0.2) is 32.6 Å². The van der Waals surface area contributed by atoms with Crippen molar-refractivity contribution in [1.82, 2.24) is 19.7 Å². The summed E-state index contributed by atoms with van der Waals surface area (Å²) >= 11 is 1.50. The van der Waals surface area contributed by atoms with Gasteiger partial charge in [0.25, 0.3) is 5.91 Å². The van der Waals surface area contributed by atoms with Crippen LogP contribution in [0.25, 0.3) is 10.6 Å². The van der Waals surface area contributed by atoms with Crippen molar-refractivity contribution in [3.63, 3.8) is 0 Å². The molecule has 0 radical (unpaired) electrons. The van der Waals surface area contributed by atoms with Crippen LogP contribution in [0.4, 0.5) is 0 Å². The van der Waals surface area contributed by atoms with Crippen molar-refractivity contribution >= 4 is 17.2 Å². The number of aromatic nitrogens is 3. The molecule has 0 aliphatic rings. The summed E-state index contributed by atoms with van der Waals surface area (Å²) in [4.78, 5) is 18.7. The summed E-state index contributed by atoms with van der Waals surface area (Å²) in [7, 11) is 3.65. The van der Waals surface area contributed by atoms with E-state index in [-0.39, 0.29) is 5.91 Å². The fraction of sp³-hybridized carbons (Fsp3) is 0.278. The van der Waals surface area contributed by atoms with Gasteiger partial charge < -0.3 is 4.90 Å². The molecule has 5 nitrogen and oxygen atoms in total. The zero-order chi connectivity index (χ0) is 17.1. The lowest BCUT2D eigenvalue weighted by Crippen LogP contribution is -2.26. The summed E-state index contributed by atoms with van der Waals surface area (Å²) in [6, 6.07) is 8.33. The quantitative estimate of drug-likeness (QED) is 0.715. The monoisotopic (exact) mass is 340 g/mol. The third kappa shape index (κ3) is 3.54. The van der Waals surface area contributed by atoms with E-state index in [1.54, 1.807) is 22.8 Å². The number of amides is 1. The number of carbonyl (C=O) groups is 1. The first-order valence-corrected chi connectivity index (χ1v) is 8.72. The summed E-state index contributed by atoms with van der Waals surface area (Å²) in [5.74, 6) is -0.0773. The predicted molar refractivity (Wildman–Crippen MR) is 95.9 cm³/mol. The number of thiazole rings is 1. The minimum absolute atomic E-state index is 0.0773. The molecular weight excluding hydrogens is 320 g/mol. The van der Waals surface area contributed by atoms with E-state index in [9.17, 15) is 4.79 Å². The highest BCUT2D eigenvalue weighted by atomic mass is 32.1. The summed E-state index contributed by atoms with van der Waals surface area (Å²) < 4.78 is 1.73. The molecule has 0 spiro atoms. The number of hydrogen-bond acceptors (Lipinski definition) is 4. The van der Waals surface area contributed by atoms with Gasteiger partial charge in [0.1, 0.15) is 10.7 Å². The molecule has 3 rings (SSSR count). The molecular formula is C18H20N4OS. The molecule has 24 heavy (non-hydrogen) atoms. The molecule has 0 unspecified atom stereocenters. The molecule has 0 aliphatic carbocycles. The predicted octanol–water partition coefficient (Wildman–Crippen LogP) is 3.38. The lowest BCUT2D eigenvalue weighted by Gasteiger charge is -2.14. The Morgan fingerprint density at radius 2 is 2.00 bits per heavy atom. The van der Waals surface area contributed by atoms with Crippen molar-refractivity contribution in [2.75, 3.05) is 7.05 Å². The molecule has 0 saturated carbocycles. The van der Waals surface area contributed by atoms with Gasteiger partial charge in [-0.1, -0.05) is 31.2 Å². The molecule has 6 heteroatoms. The van der Waals surface area contributed by atoms with Gasteiger partial charge in [0, 0.05) is 43.3 Å². The van der Waals surface area contributed by atoms with Gasteiger partial charge in [-0.25, -0.2) is 4.98 Å². The standard InChI is InChI=1S/C18H20N4OS/c1-4-13-5-7-15(8-6-13)17-20-16(12-24-17)18(23)21(2)10-14-9-19-22(3)11-14/h5-9,11-12H,4,10H2,1-3H3. The number of hydrogen-bond donors (Lipinski definition) is 0. The molecule has 0 fully saturated rings. The fourth-order valence-corrected chi connectivity index (χ4v) is 3.28. The van der Waals surface area contributed by atoms with Crippen LogP contribution in [-0.2, 0) is 20.0 Å². The van der Waals surface area contributed by atoms with Gasteiger partial charge in [0.05, 0.1) is 6.20 Å². The van der Waals surface area contributed by atoms with Crippen molar-refractivity contribution in [3.05, 3.63) is 58.9 Å². The highest BCUT2D eigenvalue weighted by Crippen LogP contribution is 2.24. The van der Waals surface area contributed by atoms with E-state index in [1.165, 1.54) is 16.9 Å². The second kappa shape index (κ2) is 6.97. The van der Waals surface area contributed by atoms with Gasteiger partial charge in [-0.15, -0.1) is 11.3 Å². The molecule has 0 atom stereocenters. The fourth-order valence-electron chi connectivity index (χ4n) is 2.48. The molecule has 2 aromatic heterocycles. The van der Waals surface area contributed by atoms with E-state index in [0.717, 1.165) is 22.6 Å². The lowest BCUT2D eigenvalue weighted by atomic mass is 10.1. The minimum Gasteiger partial charge on any atom is -0.336 e. The van der Waals surface area contributed by atoms with E-state index in [0.29, 0.717) is 12.2 Å². The van der Waals surface area contributed by atoms with Crippen molar-refractivity contribution in [3.8, 4) is 10.6 Å². The van der Waals surface area contributed by atoms with Crippen molar-refractivity contribution < 1.29 is 4.79 Å². The van der Waals surface area contributed by atoms with Gasteiger partial charge in [0.15, 0.2) is 0 Å². The molecule has 0 N–H and O–H groups in total. The number of carbonyl (C=O) groups excluding carboxylic acids is 1. The van der Waals surface area contributed by atoms with Crippen LogP contribution >= 0.6 is 11.3 Å². The number of rotatable bonds is 5. The van der Waals surface area contributed by atoms with E-state index < -0.39 is 0 Å². The average Bonchev–Trinajstić information content (AvgIpc) is 3.23. The summed E-state index contributed by atoms with van der Waals surface area (Å²) in [6.07, 6.45) is 4.69. The first-order valence-electron chi connectivity index (χ1n) is 7.84. The molecule has 124 valence electrons. The summed E-state index contributed by atoms with van der Waals surface area (Å²) in [5, 5.41) is 6.82. The molecule has 3 aromatic rings. The zero-order valence-electron chi connectivity index (χ0n) is 14.1. The molecule has 1 amide bonds. The van der Waals surface area contributed by atoms with Gasteiger partial charge in [-0.2, -0.15) is 5.10 Å². The maximum absolute atomic E-state index is 12.5.